The predicted molar refractivity (Wildman–Crippen MR) is 54.8 cm³/mol. The fourth-order valence-electron chi connectivity index (χ4n) is 0.573. The van der Waals surface area contributed by atoms with Crippen molar-refractivity contribution in [1.82, 2.24) is 0 Å². The molecule has 0 fully saturated rings. The lowest BCUT2D eigenvalue weighted by molar-refractivity contribution is -0.193. The molecule has 0 radical (unpaired) electrons. The van der Waals surface area contributed by atoms with Crippen LogP contribution in [0.25, 0.3) is 0 Å². The first-order valence-electron chi connectivity index (χ1n) is 5.25. The molecule has 19 heavy (non-hydrogen) atoms. The summed E-state index contributed by atoms with van der Waals surface area (Å²) in [5.74, 6) is -7.65. The lowest BCUT2D eigenvalue weighted by Crippen LogP contribution is -2.37. The number of hydrogen-bond acceptors (Lipinski definition) is 4. The van der Waals surface area contributed by atoms with E-state index in [-0.39, 0.29) is 13.2 Å². The largest absolute Gasteiger partial charge is 0.464 e. The van der Waals surface area contributed by atoms with Crippen LogP contribution in [-0.2, 0) is 19.1 Å². The zero-order valence-corrected chi connectivity index (χ0v) is 10.6. The number of ether oxygens (including phenoxy) is 2. The monoisotopic (exact) mass is 294 g/mol. The number of carbonyl (C=O) groups is 2. The van der Waals surface area contributed by atoms with Crippen molar-refractivity contribution in [3.05, 3.63) is 0 Å². The summed E-state index contributed by atoms with van der Waals surface area (Å²) in [6.07, 6.45) is -5.50. The van der Waals surface area contributed by atoms with Crippen molar-refractivity contribution in [2.24, 2.45) is 0 Å². The summed E-state index contributed by atoms with van der Waals surface area (Å²) in [7, 11) is 0. The zero-order chi connectivity index (χ0) is 15.6. The highest BCUT2D eigenvalue weighted by atomic mass is 19.3. The highest BCUT2D eigenvalue weighted by molar-refractivity contribution is 5.78. The van der Waals surface area contributed by atoms with Gasteiger partial charge in [-0.3, -0.25) is 0 Å². The van der Waals surface area contributed by atoms with Crippen molar-refractivity contribution in [3.8, 4) is 0 Å². The molecule has 0 aliphatic heterocycles. The van der Waals surface area contributed by atoms with E-state index >= 15 is 0 Å². The Hall–Kier alpha value is -1.41. The average Bonchev–Trinajstić information content (AvgIpc) is 2.30. The normalized spacial score (nSPS) is 12.3. The summed E-state index contributed by atoms with van der Waals surface area (Å²) >= 11 is 0. The van der Waals surface area contributed by atoms with Gasteiger partial charge in [-0.1, -0.05) is 0 Å². The molecular weight excluding hydrogens is 279 g/mol. The molecule has 0 amide bonds. The van der Waals surface area contributed by atoms with E-state index in [1.165, 1.54) is 6.92 Å². The van der Waals surface area contributed by atoms with Gasteiger partial charge in [0.05, 0.1) is 13.2 Å². The first-order chi connectivity index (χ1) is 8.61. The van der Waals surface area contributed by atoms with Gasteiger partial charge in [0.25, 0.3) is 0 Å². The minimum atomic E-state index is -4.68. The SMILES string of the molecule is CCOC(=O)C(C)F.CCOC(=O)C(F)(F)C(F)F. The van der Waals surface area contributed by atoms with Gasteiger partial charge in [-0.15, -0.1) is 0 Å². The van der Waals surface area contributed by atoms with E-state index in [0.717, 1.165) is 6.92 Å². The van der Waals surface area contributed by atoms with Gasteiger partial charge in [0, 0.05) is 0 Å². The Balaban J connectivity index is 0. The molecule has 0 spiro atoms. The molecule has 0 rings (SSSR count). The van der Waals surface area contributed by atoms with Crippen molar-refractivity contribution >= 4 is 11.9 Å². The minimum Gasteiger partial charge on any atom is -0.464 e. The van der Waals surface area contributed by atoms with Crippen LogP contribution in [0.15, 0.2) is 0 Å². The summed E-state index contributed by atoms with van der Waals surface area (Å²) in [6.45, 7) is 3.94. The molecule has 0 saturated carbocycles. The van der Waals surface area contributed by atoms with E-state index in [1.807, 2.05) is 0 Å². The highest BCUT2D eigenvalue weighted by Gasteiger charge is 2.50. The first-order valence-corrected chi connectivity index (χ1v) is 5.25. The third kappa shape index (κ3) is 8.33. The van der Waals surface area contributed by atoms with Crippen molar-refractivity contribution in [2.45, 2.75) is 39.3 Å². The van der Waals surface area contributed by atoms with Crippen molar-refractivity contribution in [2.75, 3.05) is 13.2 Å². The Labute approximate surface area is 106 Å². The van der Waals surface area contributed by atoms with Gasteiger partial charge in [-0.25, -0.2) is 22.8 Å². The molecule has 0 aliphatic carbocycles. The van der Waals surface area contributed by atoms with Gasteiger partial charge in [-0.2, -0.15) is 8.78 Å². The molecule has 1 atom stereocenters. The van der Waals surface area contributed by atoms with Gasteiger partial charge in [0.15, 0.2) is 6.17 Å². The topological polar surface area (TPSA) is 52.6 Å². The van der Waals surface area contributed by atoms with Crippen LogP contribution in [0.2, 0.25) is 0 Å². The Morgan fingerprint density at radius 1 is 1.05 bits per heavy atom. The molecule has 0 aromatic carbocycles. The third-order valence-electron chi connectivity index (χ3n) is 1.43. The summed E-state index contributed by atoms with van der Waals surface area (Å²) < 4.78 is 66.3. The van der Waals surface area contributed by atoms with E-state index in [1.54, 1.807) is 6.92 Å². The Kier molecular flexibility index (Phi) is 9.97. The molecule has 0 bridgehead atoms. The number of halogens is 5. The average molecular weight is 294 g/mol. The van der Waals surface area contributed by atoms with Gasteiger partial charge in [0.2, 0.25) is 0 Å². The first kappa shape index (κ1) is 19.9. The molecule has 0 aromatic heterocycles. The van der Waals surface area contributed by atoms with Crippen LogP contribution in [0.5, 0.6) is 0 Å². The molecule has 4 nitrogen and oxygen atoms in total. The fourth-order valence-corrected chi connectivity index (χ4v) is 0.573. The molecule has 0 N–H and O–H groups in total. The maximum absolute atomic E-state index is 11.9. The van der Waals surface area contributed by atoms with E-state index in [9.17, 15) is 31.5 Å². The van der Waals surface area contributed by atoms with Crippen LogP contribution in [0, 0.1) is 0 Å². The second-order valence-corrected chi connectivity index (χ2v) is 3.01. The molecule has 1 unspecified atom stereocenters. The smallest absolute Gasteiger partial charge is 0.401 e. The van der Waals surface area contributed by atoms with E-state index in [0.29, 0.717) is 0 Å². The molecule has 114 valence electrons. The lowest BCUT2D eigenvalue weighted by Gasteiger charge is -2.12. The van der Waals surface area contributed by atoms with Gasteiger partial charge in [-0.05, 0) is 20.8 Å². The minimum absolute atomic E-state index is 0.243. The van der Waals surface area contributed by atoms with Gasteiger partial charge >= 0.3 is 24.3 Å². The Morgan fingerprint density at radius 3 is 1.68 bits per heavy atom. The van der Waals surface area contributed by atoms with Crippen molar-refractivity contribution in [3.63, 3.8) is 0 Å². The number of esters is 2. The van der Waals surface area contributed by atoms with E-state index in [2.05, 4.69) is 9.47 Å². The maximum Gasteiger partial charge on any atom is 0.401 e. The Bertz CT molecular complexity index is 281. The van der Waals surface area contributed by atoms with Crippen molar-refractivity contribution in [1.29, 1.82) is 0 Å². The van der Waals surface area contributed by atoms with Gasteiger partial charge < -0.3 is 9.47 Å². The number of carbonyl (C=O) groups excluding carboxylic acids is 2. The molecule has 9 heteroatoms. The number of alkyl halides is 5. The van der Waals surface area contributed by atoms with Crippen LogP contribution in [0.1, 0.15) is 20.8 Å². The zero-order valence-electron chi connectivity index (χ0n) is 10.6. The molecule has 0 heterocycles. The lowest BCUT2D eigenvalue weighted by atomic mass is 10.3. The molecule has 0 saturated heterocycles. The molecule has 0 aliphatic rings. The van der Waals surface area contributed by atoms with Crippen LogP contribution in [0.3, 0.4) is 0 Å². The van der Waals surface area contributed by atoms with Crippen LogP contribution in [0.4, 0.5) is 22.0 Å². The number of rotatable bonds is 5. The molecular formula is C10H15F5O4. The van der Waals surface area contributed by atoms with Crippen LogP contribution in [-0.4, -0.2) is 43.7 Å². The third-order valence-corrected chi connectivity index (χ3v) is 1.43. The maximum atomic E-state index is 11.9. The van der Waals surface area contributed by atoms with E-state index in [4.69, 9.17) is 0 Å². The van der Waals surface area contributed by atoms with Crippen molar-refractivity contribution < 1.29 is 41.0 Å². The highest BCUT2D eigenvalue weighted by Crippen LogP contribution is 2.23. The van der Waals surface area contributed by atoms with Gasteiger partial charge in [0.1, 0.15) is 0 Å². The van der Waals surface area contributed by atoms with E-state index < -0.39 is 30.5 Å². The second-order valence-electron chi connectivity index (χ2n) is 3.01. The summed E-state index contributed by atoms with van der Waals surface area (Å²) in [6, 6.07) is 0. The van der Waals surface area contributed by atoms with Crippen LogP contribution < -0.4 is 0 Å². The fraction of sp³-hybridized carbons (Fsp3) is 0.800. The second kappa shape index (κ2) is 9.51. The Morgan fingerprint density at radius 2 is 1.47 bits per heavy atom. The standard InChI is InChI=1S/C5H6F4O2.C5H9FO2/c1-2-11-4(10)5(8,9)3(6)7;1-3-8-5(7)4(2)6/h3H,2H2,1H3;4H,3H2,1-2H3. The predicted octanol–water partition coefficient (Wildman–Crippen LogP) is 2.36. The summed E-state index contributed by atoms with van der Waals surface area (Å²) in [4.78, 5) is 20.2. The summed E-state index contributed by atoms with van der Waals surface area (Å²) in [5, 5.41) is 0. The quantitative estimate of drug-likeness (QED) is 0.577. The summed E-state index contributed by atoms with van der Waals surface area (Å²) in [5.41, 5.74) is 0. The molecule has 0 aromatic rings. The van der Waals surface area contributed by atoms with Crippen LogP contribution >= 0.6 is 0 Å². The number of hydrogen-bond donors (Lipinski definition) is 0.